The Morgan fingerprint density at radius 1 is 0.731 bits per heavy atom. The lowest BCUT2D eigenvalue weighted by atomic mass is 10.0. The first-order chi connectivity index (χ1) is 12.7. The monoisotopic (exact) mass is 390 g/mol. The van der Waals surface area contributed by atoms with Gasteiger partial charge in [0.2, 0.25) is 0 Å². The van der Waals surface area contributed by atoms with E-state index in [2.05, 4.69) is 6.92 Å². The van der Waals surface area contributed by atoms with Gasteiger partial charge in [0, 0.05) is 23.7 Å². The summed E-state index contributed by atoms with van der Waals surface area (Å²) in [6.45, 7) is 2.24. The maximum absolute atomic E-state index is 11.8. The molecular formula is C22H46O3S. The molecule has 1 N–H and O–H groups in total. The predicted octanol–water partition coefficient (Wildman–Crippen LogP) is 6.00. The molecule has 0 rings (SSSR count). The second kappa shape index (κ2) is 21.4. The Labute approximate surface area is 166 Å². The Morgan fingerprint density at radius 2 is 1.12 bits per heavy atom. The van der Waals surface area contributed by atoms with Crippen LogP contribution in [-0.4, -0.2) is 40.6 Å². The predicted molar refractivity (Wildman–Crippen MR) is 115 cm³/mol. The molecule has 0 aliphatic rings. The van der Waals surface area contributed by atoms with Crippen molar-refractivity contribution in [2.75, 3.05) is 25.2 Å². The minimum atomic E-state index is -0.852. The highest BCUT2D eigenvalue weighted by atomic mass is 32.2. The Morgan fingerprint density at radius 3 is 1.46 bits per heavy atom. The molecule has 2 atom stereocenters. The van der Waals surface area contributed by atoms with Crippen molar-refractivity contribution in [2.24, 2.45) is 0 Å². The molecule has 26 heavy (non-hydrogen) atoms. The molecule has 0 aromatic heterocycles. The first kappa shape index (κ1) is 26.1. The van der Waals surface area contributed by atoms with Crippen LogP contribution in [0.4, 0.5) is 0 Å². The third kappa shape index (κ3) is 18.8. The van der Waals surface area contributed by atoms with Crippen LogP contribution in [0.25, 0.3) is 0 Å². The Bertz CT molecular complexity index is 293. The number of unbranched alkanes of at least 4 members (excludes halogenated alkanes) is 15. The molecule has 0 amide bonds. The molecule has 0 fully saturated rings. The molecule has 0 saturated carbocycles. The number of rotatable bonds is 21. The number of methoxy groups -OCH3 is 1. The summed E-state index contributed by atoms with van der Waals surface area (Å²) in [6, 6.07) is 0. The van der Waals surface area contributed by atoms with Crippen molar-refractivity contribution in [2.45, 2.75) is 116 Å². The molecule has 0 aliphatic heterocycles. The van der Waals surface area contributed by atoms with Crippen LogP contribution in [0, 0.1) is 0 Å². The molecule has 0 radical (unpaired) electrons. The summed E-state index contributed by atoms with van der Waals surface area (Å²) in [7, 11) is 0.710. The molecule has 0 bridgehead atoms. The summed E-state index contributed by atoms with van der Waals surface area (Å²) >= 11 is 0. The zero-order valence-corrected chi connectivity index (χ0v) is 18.5. The lowest BCUT2D eigenvalue weighted by Gasteiger charge is -2.11. The van der Waals surface area contributed by atoms with E-state index in [-0.39, 0.29) is 12.7 Å². The van der Waals surface area contributed by atoms with E-state index in [1.165, 1.54) is 96.3 Å². The van der Waals surface area contributed by atoms with Crippen LogP contribution in [0.2, 0.25) is 0 Å². The lowest BCUT2D eigenvalue weighted by molar-refractivity contribution is 0.0650. The van der Waals surface area contributed by atoms with Crippen molar-refractivity contribution >= 4 is 10.8 Å². The van der Waals surface area contributed by atoms with E-state index in [9.17, 15) is 4.21 Å². The first-order valence-electron chi connectivity index (χ1n) is 11.2. The van der Waals surface area contributed by atoms with Crippen molar-refractivity contribution in [3.63, 3.8) is 0 Å². The zero-order valence-electron chi connectivity index (χ0n) is 17.7. The van der Waals surface area contributed by atoms with Crippen molar-refractivity contribution in [3.8, 4) is 0 Å². The van der Waals surface area contributed by atoms with Crippen LogP contribution < -0.4 is 0 Å². The molecule has 0 heterocycles. The van der Waals surface area contributed by atoms with E-state index in [1.807, 2.05) is 0 Å². The van der Waals surface area contributed by atoms with E-state index < -0.39 is 10.8 Å². The third-order valence-electron chi connectivity index (χ3n) is 5.13. The quantitative estimate of drug-likeness (QED) is 0.244. The third-order valence-corrected chi connectivity index (χ3v) is 6.62. The molecular weight excluding hydrogens is 344 g/mol. The lowest BCUT2D eigenvalue weighted by Crippen LogP contribution is -2.24. The van der Waals surface area contributed by atoms with Crippen LogP contribution in [-0.2, 0) is 15.5 Å². The van der Waals surface area contributed by atoms with Crippen LogP contribution >= 0.6 is 0 Å². The summed E-state index contributed by atoms with van der Waals surface area (Å²) in [5.41, 5.74) is 0. The standard InChI is InChI=1S/C22H46O3S/c1-3-4-5-6-7-8-9-10-11-12-13-14-15-16-17-18-19-26(24)21-22(20-23)25-2/h22-23H,3-21H2,1-2H3. The highest BCUT2D eigenvalue weighted by Crippen LogP contribution is 2.13. The molecule has 2 unspecified atom stereocenters. The maximum Gasteiger partial charge on any atom is 0.0916 e. The average Bonchev–Trinajstić information content (AvgIpc) is 2.65. The van der Waals surface area contributed by atoms with Gasteiger partial charge in [-0.3, -0.25) is 4.21 Å². The highest BCUT2D eigenvalue weighted by Gasteiger charge is 2.10. The summed E-state index contributed by atoms with van der Waals surface area (Å²) in [6.07, 6.45) is 21.5. The minimum Gasteiger partial charge on any atom is -0.394 e. The van der Waals surface area contributed by atoms with Gasteiger partial charge in [-0.25, -0.2) is 0 Å². The molecule has 0 aromatic rings. The normalized spacial score (nSPS) is 13.8. The van der Waals surface area contributed by atoms with E-state index in [1.54, 1.807) is 7.11 Å². The fourth-order valence-corrected chi connectivity index (χ4v) is 4.65. The van der Waals surface area contributed by atoms with Crippen LogP contribution in [0.15, 0.2) is 0 Å². The van der Waals surface area contributed by atoms with Gasteiger partial charge in [0.25, 0.3) is 0 Å². The van der Waals surface area contributed by atoms with Gasteiger partial charge in [-0.15, -0.1) is 0 Å². The number of ether oxygens (including phenoxy) is 1. The molecule has 0 spiro atoms. The molecule has 0 aromatic carbocycles. The van der Waals surface area contributed by atoms with Crippen molar-refractivity contribution in [1.82, 2.24) is 0 Å². The SMILES string of the molecule is CCCCCCCCCCCCCCCCCCS(=O)CC(CO)OC. The smallest absolute Gasteiger partial charge is 0.0916 e. The van der Waals surface area contributed by atoms with Gasteiger partial charge in [0.1, 0.15) is 0 Å². The summed E-state index contributed by atoms with van der Waals surface area (Å²) < 4.78 is 16.9. The van der Waals surface area contributed by atoms with Crippen molar-refractivity contribution in [1.29, 1.82) is 0 Å². The van der Waals surface area contributed by atoms with Gasteiger partial charge in [0.05, 0.1) is 18.5 Å². The second-order valence-corrected chi connectivity index (χ2v) is 9.28. The largest absolute Gasteiger partial charge is 0.394 e. The minimum absolute atomic E-state index is 0.0405. The molecule has 3 nitrogen and oxygen atoms in total. The van der Waals surface area contributed by atoms with Gasteiger partial charge in [-0.2, -0.15) is 0 Å². The van der Waals surface area contributed by atoms with Gasteiger partial charge in [-0.1, -0.05) is 103 Å². The molecule has 0 saturated heterocycles. The topological polar surface area (TPSA) is 46.5 Å². The molecule has 158 valence electrons. The number of aliphatic hydroxyl groups excluding tert-OH is 1. The van der Waals surface area contributed by atoms with E-state index in [0.717, 1.165) is 12.2 Å². The van der Waals surface area contributed by atoms with E-state index >= 15 is 0 Å². The Kier molecular flexibility index (Phi) is 21.4. The Hall–Kier alpha value is 0.0700. The van der Waals surface area contributed by atoms with Gasteiger partial charge < -0.3 is 9.84 Å². The highest BCUT2D eigenvalue weighted by molar-refractivity contribution is 7.85. The molecule has 4 heteroatoms. The number of aliphatic hydroxyl groups is 1. The number of hydrogen-bond acceptors (Lipinski definition) is 3. The Balaban J connectivity index is 3.16. The summed E-state index contributed by atoms with van der Waals surface area (Å²) in [4.78, 5) is 0. The average molecular weight is 391 g/mol. The van der Waals surface area contributed by atoms with Crippen LogP contribution in [0.1, 0.15) is 110 Å². The molecule has 0 aliphatic carbocycles. The fourth-order valence-electron chi connectivity index (χ4n) is 3.30. The van der Waals surface area contributed by atoms with Crippen molar-refractivity contribution < 1.29 is 14.1 Å². The summed E-state index contributed by atoms with van der Waals surface area (Å²) in [5, 5.41) is 9.03. The van der Waals surface area contributed by atoms with E-state index in [4.69, 9.17) is 9.84 Å². The fraction of sp³-hybridized carbons (Fsp3) is 1.00. The van der Waals surface area contributed by atoms with Gasteiger partial charge >= 0.3 is 0 Å². The first-order valence-corrected chi connectivity index (χ1v) is 12.7. The summed E-state index contributed by atoms with van der Waals surface area (Å²) in [5.74, 6) is 1.21. The zero-order chi connectivity index (χ0) is 19.3. The van der Waals surface area contributed by atoms with Crippen LogP contribution in [0.5, 0.6) is 0 Å². The van der Waals surface area contributed by atoms with E-state index in [0.29, 0.717) is 5.75 Å². The van der Waals surface area contributed by atoms with Crippen molar-refractivity contribution in [3.05, 3.63) is 0 Å². The van der Waals surface area contributed by atoms with Gasteiger partial charge in [0.15, 0.2) is 0 Å². The maximum atomic E-state index is 11.8. The van der Waals surface area contributed by atoms with Gasteiger partial charge in [-0.05, 0) is 6.42 Å². The second-order valence-electron chi connectivity index (χ2n) is 7.65. The number of hydrogen-bond donors (Lipinski definition) is 1. The van der Waals surface area contributed by atoms with Crippen LogP contribution in [0.3, 0.4) is 0 Å².